The number of esters is 1. The summed E-state index contributed by atoms with van der Waals surface area (Å²) in [4.78, 5) is 34.3. The van der Waals surface area contributed by atoms with Crippen LogP contribution < -0.4 is 26.8 Å². The Kier molecular flexibility index (Phi) is 8.15. The van der Waals surface area contributed by atoms with Crippen molar-refractivity contribution in [2.75, 3.05) is 30.4 Å². The van der Waals surface area contributed by atoms with Gasteiger partial charge in [-0.1, -0.05) is 12.1 Å². The van der Waals surface area contributed by atoms with E-state index in [4.69, 9.17) is 15.2 Å². The van der Waals surface area contributed by atoms with Crippen LogP contribution in [0.5, 0.6) is 5.75 Å². The van der Waals surface area contributed by atoms with Gasteiger partial charge in [0.05, 0.1) is 18.8 Å². The van der Waals surface area contributed by atoms with Crippen LogP contribution in [0.3, 0.4) is 0 Å². The monoisotopic (exact) mass is 438 g/mol. The molecule has 0 fully saturated rings. The number of rotatable bonds is 11. The summed E-state index contributed by atoms with van der Waals surface area (Å²) < 4.78 is 10.5. The SMILES string of the molecule is CCOC(=O)c1ccc(Nc2nc(NCc3ccc(OCCCN)cc3)nc(=O)[nH]2)cc1. The largest absolute Gasteiger partial charge is 0.494 e. The standard InChI is InChI=1S/C22H26N6O4/c1-2-31-19(29)16-6-8-17(9-7-16)25-21-26-20(27-22(30)28-21)24-14-15-4-10-18(11-5-15)32-13-3-12-23/h4-11H,2-3,12-14,23H2,1H3,(H3,24,25,26,27,28,30). The average Bonchev–Trinajstić information content (AvgIpc) is 2.79. The Morgan fingerprint density at radius 1 is 1.09 bits per heavy atom. The Morgan fingerprint density at radius 3 is 2.53 bits per heavy atom. The summed E-state index contributed by atoms with van der Waals surface area (Å²) in [5.74, 6) is 0.786. The number of ether oxygens (including phenoxy) is 2. The van der Waals surface area contributed by atoms with Crippen LogP contribution in [-0.4, -0.2) is 40.7 Å². The zero-order valence-corrected chi connectivity index (χ0v) is 17.8. The number of aromatic nitrogens is 3. The molecule has 3 aromatic rings. The van der Waals surface area contributed by atoms with E-state index >= 15 is 0 Å². The normalized spacial score (nSPS) is 10.4. The molecule has 0 aliphatic carbocycles. The van der Waals surface area contributed by atoms with E-state index in [1.165, 1.54) is 0 Å². The Balaban J connectivity index is 1.59. The summed E-state index contributed by atoms with van der Waals surface area (Å²) in [6.07, 6.45) is 0.801. The van der Waals surface area contributed by atoms with Crippen molar-refractivity contribution >= 4 is 23.6 Å². The number of nitrogens with zero attached hydrogens (tertiary/aromatic N) is 2. The summed E-state index contributed by atoms with van der Waals surface area (Å²) in [5.41, 5.74) is 6.97. The maximum atomic E-state index is 11.9. The molecule has 0 aliphatic heterocycles. The first-order valence-electron chi connectivity index (χ1n) is 10.3. The van der Waals surface area contributed by atoms with Gasteiger partial charge in [-0.2, -0.15) is 9.97 Å². The van der Waals surface area contributed by atoms with Gasteiger partial charge in [-0.15, -0.1) is 0 Å². The van der Waals surface area contributed by atoms with E-state index < -0.39 is 11.7 Å². The highest BCUT2D eigenvalue weighted by Gasteiger charge is 2.07. The van der Waals surface area contributed by atoms with Gasteiger partial charge in [0, 0.05) is 12.2 Å². The fraction of sp³-hybridized carbons (Fsp3) is 0.273. The number of benzene rings is 2. The van der Waals surface area contributed by atoms with Crippen molar-refractivity contribution in [2.24, 2.45) is 5.73 Å². The van der Waals surface area contributed by atoms with Crippen molar-refractivity contribution in [2.45, 2.75) is 19.9 Å². The number of anilines is 3. The molecule has 0 spiro atoms. The van der Waals surface area contributed by atoms with Crippen molar-refractivity contribution in [1.82, 2.24) is 15.0 Å². The van der Waals surface area contributed by atoms with Crippen LogP contribution in [0.2, 0.25) is 0 Å². The Morgan fingerprint density at radius 2 is 1.84 bits per heavy atom. The maximum absolute atomic E-state index is 11.9. The second-order valence-corrected chi connectivity index (χ2v) is 6.74. The number of carbonyl (C=O) groups excluding carboxylic acids is 1. The van der Waals surface area contributed by atoms with Crippen molar-refractivity contribution in [3.63, 3.8) is 0 Å². The lowest BCUT2D eigenvalue weighted by atomic mass is 10.2. The van der Waals surface area contributed by atoms with E-state index in [1.54, 1.807) is 31.2 Å². The molecule has 32 heavy (non-hydrogen) atoms. The lowest BCUT2D eigenvalue weighted by Crippen LogP contribution is -2.17. The third-order valence-electron chi connectivity index (χ3n) is 4.30. The van der Waals surface area contributed by atoms with Gasteiger partial charge in [0.2, 0.25) is 11.9 Å². The fourth-order valence-electron chi connectivity index (χ4n) is 2.72. The van der Waals surface area contributed by atoms with Gasteiger partial charge < -0.3 is 25.8 Å². The molecule has 0 aliphatic rings. The predicted molar refractivity (Wildman–Crippen MR) is 121 cm³/mol. The van der Waals surface area contributed by atoms with Crippen LogP contribution in [-0.2, 0) is 11.3 Å². The lowest BCUT2D eigenvalue weighted by Gasteiger charge is -2.09. The number of nitrogens with one attached hydrogen (secondary N) is 3. The predicted octanol–water partition coefficient (Wildman–Crippen LogP) is 2.42. The van der Waals surface area contributed by atoms with Crippen molar-refractivity contribution in [3.05, 3.63) is 70.1 Å². The Labute approximate surface area is 185 Å². The summed E-state index contributed by atoms with van der Waals surface area (Å²) >= 11 is 0. The molecule has 0 saturated heterocycles. The molecule has 0 bridgehead atoms. The average molecular weight is 438 g/mol. The summed E-state index contributed by atoms with van der Waals surface area (Å²) in [7, 11) is 0. The molecule has 1 aromatic heterocycles. The van der Waals surface area contributed by atoms with Crippen LogP contribution >= 0.6 is 0 Å². The van der Waals surface area contributed by atoms with Gasteiger partial charge in [-0.3, -0.25) is 4.98 Å². The Bertz CT molecular complexity index is 1070. The van der Waals surface area contributed by atoms with Gasteiger partial charge >= 0.3 is 11.7 Å². The molecule has 5 N–H and O–H groups in total. The molecule has 0 radical (unpaired) electrons. The van der Waals surface area contributed by atoms with E-state index in [1.807, 2.05) is 24.3 Å². The molecule has 168 valence electrons. The number of hydrogen-bond donors (Lipinski definition) is 4. The molecular weight excluding hydrogens is 412 g/mol. The molecule has 0 amide bonds. The van der Waals surface area contributed by atoms with E-state index in [-0.39, 0.29) is 11.9 Å². The minimum absolute atomic E-state index is 0.183. The molecule has 10 nitrogen and oxygen atoms in total. The molecule has 0 atom stereocenters. The number of hydrogen-bond acceptors (Lipinski definition) is 9. The number of carbonyl (C=O) groups is 1. The van der Waals surface area contributed by atoms with Crippen LogP contribution in [0.25, 0.3) is 0 Å². The second kappa shape index (κ2) is 11.5. The molecule has 2 aromatic carbocycles. The molecule has 1 heterocycles. The molecule has 0 saturated carbocycles. The van der Waals surface area contributed by atoms with E-state index in [9.17, 15) is 9.59 Å². The van der Waals surface area contributed by atoms with Gasteiger partial charge in [-0.05, 0) is 61.9 Å². The highest BCUT2D eigenvalue weighted by molar-refractivity contribution is 5.89. The molecule has 3 rings (SSSR count). The van der Waals surface area contributed by atoms with E-state index in [0.29, 0.717) is 37.6 Å². The fourth-order valence-corrected chi connectivity index (χ4v) is 2.72. The zero-order chi connectivity index (χ0) is 22.8. The summed E-state index contributed by atoms with van der Waals surface area (Å²) in [6.45, 7) is 3.66. The molecule has 0 unspecified atom stereocenters. The second-order valence-electron chi connectivity index (χ2n) is 6.74. The minimum Gasteiger partial charge on any atom is -0.494 e. The van der Waals surface area contributed by atoms with E-state index in [2.05, 4.69) is 25.6 Å². The van der Waals surface area contributed by atoms with Gasteiger partial charge in [0.1, 0.15) is 5.75 Å². The number of nitrogens with two attached hydrogens (primary N) is 1. The first-order chi connectivity index (χ1) is 15.6. The lowest BCUT2D eigenvalue weighted by molar-refractivity contribution is 0.0526. The topological polar surface area (TPSA) is 144 Å². The van der Waals surface area contributed by atoms with Crippen LogP contribution in [0.4, 0.5) is 17.6 Å². The summed E-state index contributed by atoms with van der Waals surface area (Å²) in [5, 5.41) is 6.03. The first kappa shape index (κ1) is 22.8. The smallest absolute Gasteiger partial charge is 0.351 e. The highest BCUT2D eigenvalue weighted by Crippen LogP contribution is 2.16. The maximum Gasteiger partial charge on any atom is 0.351 e. The van der Waals surface area contributed by atoms with Crippen molar-refractivity contribution in [3.8, 4) is 5.75 Å². The zero-order valence-electron chi connectivity index (χ0n) is 17.8. The van der Waals surface area contributed by atoms with Gasteiger partial charge in [0.15, 0.2) is 0 Å². The summed E-state index contributed by atoms with van der Waals surface area (Å²) in [6, 6.07) is 14.2. The third kappa shape index (κ3) is 6.81. The minimum atomic E-state index is -0.545. The quantitative estimate of drug-likeness (QED) is 0.262. The third-order valence-corrected chi connectivity index (χ3v) is 4.30. The van der Waals surface area contributed by atoms with Gasteiger partial charge in [-0.25, -0.2) is 9.59 Å². The number of H-pyrrole nitrogens is 1. The Hall–Kier alpha value is -3.92. The van der Waals surface area contributed by atoms with Crippen LogP contribution in [0, 0.1) is 0 Å². The van der Waals surface area contributed by atoms with Crippen molar-refractivity contribution < 1.29 is 14.3 Å². The highest BCUT2D eigenvalue weighted by atomic mass is 16.5. The van der Waals surface area contributed by atoms with Gasteiger partial charge in [0.25, 0.3) is 0 Å². The van der Waals surface area contributed by atoms with Crippen LogP contribution in [0.15, 0.2) is 53.3 Å². The molecular formula is C22H26N6O4. The van der Waals surface area contributed by atoms with E-state index in [0.717, 1.165) is 17.7 Å². The number of aromatic amines is 1. The van der Waals surface area contributed by atoms with Crippen molar-refractivity contribution in [1.29, 1.82) is 0 Å². The van der Waals surface area contributed by atoms with Crippen LogP contribution in [0.1, 0.15) is 29.3 Å². The first-order valence-corrected chi connectivity index (χ1v) is 10.3. The molecule has 10 heteroatoms.